The molecule has 1 aromatic rings. The number of carbonyl (C=O) groups excluding carboxylic acids is 1. The van der Waals surface area contributed by atoms with Gasteiger partial charge in [0.2, 0.25) is 10.0 Å². The van der Waals surface area contributed by atoms with Crippen LogP contribution in [0.2, 0.25) is 0 Å². The summed E-state index contributed by atoms with van der Waals surface area (Å²) in [7, 11) is -2.18. The minimum atomic E-state index is -3.52. The van der Waals surface area contributed by atoms with Crippen LogP contribution in [0.15, 0.2) is 23.1 Å². The predicted molar refractivity (Wildman–Crippen MR) is 84.1 cm³/mol. The summed E-state index contributed by atoms with van der Waals surface area (Å²) in [4.78, 5) is 13.6. The molecule has 0 N–H and O–H groups in total. The van der Waals surface area contributed by atoms with Gasteiger partial charge in [0, 0.05) is 19.6 Å². The predicted octanol–water partition coefficient (Wildman–Crippen LogP) is 1.23. The molecule has 1 saturated heterocycles. The third-order valence-corrected chi connectivity index (χ3v) is 6.07. The van der Waals surface area contributed by atoms with Crippen LogP contribution in [-0.4, -0.2) is 58.8 Å². The molecule has 0 bridgehead atoms. The molecule has 1 fully saturated rings. The fourth-order valence-corrected chi connectivity index (χ4v) is 4.43. The van der Waals surface area contributed by atoms with Crippen LogP contribution in [-0.2, 0) is 25.9 Å². The van der Waals surface area contributed by atoms with E-state index in [1.165, 1.54) is 11.4 Å². The van der Waals surface area contributed by atoms with Crippen molar-refractivity contribution in [3.8, 4) is 0 Å². The Bertz CT molecular complexity index is 698. The van der Waals surface area contributed by atoms with E-state index in [1.807, 2.05) is 0 Å². The highest BCUT2D eigenvalue weighted by Gasteiger charge is 2.29. The Balaban J connectivity index is 1.93. The number of sulfonamides is 1. The first-order valence-corrected chi connectivity index (χ1v) is 9.04. The highest BCUT2D eigenvalue weighted by atomic mass is 32.2. The summed E-state index contributed by atoms with van der Waals surface area (Å²) in [5.74, 6) is 0. The number of rotatable bonds is 2. The van der Waals surface area contributed by atoms with Crippen LogP contribution < -0.4 is 4.90 Å². The zero-order valence-electron chi connectivity index (χ0n) is 13.0. The van der Waals surface area contributed by atoms with Gasteiger partial charge in [0.15, 0.2) is 0 Å². The molecule has 7 nitrogen and oxygen atoms in total. The van der Waals surface area contributed by atoms with Crippen LogP contribution in [0.5, 0.6) is 0 Å². The van der Waals surface area contributed by atoms with E-state index in [0.29, 0.717) is 32.8 Å². The maximum atomic E-state index is 12.7. The Morgan fingerprint density at radius 3 is 2.65 bits per heavy atom. The van der Waals surface area contributed by atoms with Crippen LogP contribution in [0, 0.1) is 0 Å². The van der Waals surface area contributed by atoms with Crippen molar-refractivity contribution in [1.82, 2.24) is 4.31 Å². The highest BCUT2D eigenvalue weighted by Crippen LogP contribution is 2.31. The standard InChI is InChI=1S/C15H20N2O5S/c1-21-15(18)17-6-2-3-12-11-13(4-5-14(12)17)23(19,20)16-7-9-22-10-8-16/h4-5,11H,2-3,6-10H2,1H3. The molecule has 0 unspecified atom stereocenters. The van der Waals surface area contributed by atoms with Crippen molar-refractivity contribution in [2.24, 2.45) is 0 Å². The minimum Gasteiger partial charge on any atom is -0.452 e. The number of morpholine rings is 1. The normalized spacial score (nSPS) is 19.3. The molecular weight excluding hydrogens is 320 g/mol. The summed E-state index contributed by atoms with van der Waals surface area (Å²) in [5, 5.41) is 0. The van der Waals surface area contributed by atoms with Gasteiger partial charge in [-0.3, -0.25) is 4.90 Å². The zero-order chi connectivity index (χ0) is 16.4. The molecule has 0 aromatic heterocycles. The number of amides is 1. The molecule has 8 heteroatoms. The molecule has 1 amide bonds. The molecule has 0 aliphatic carbocycles. The van der Waals surface area contributed by atoms with Gasteiger partial charge in [0.25, 0.3) is 0 Å². The Labute approximate surface area is 135 Å². The van der Waals surface area contributed by atoms with E-state index in [2.05, 4.69) is 0 Å². The average molecular weight is 340 g/mol. The zero-order valence-corrected chi connectivity index (χ0v) is 13.8. The number of hydrogen-bond donors (Lipinski definition) is 0. The van der Waals surface area contributed by atoms with Crippen molar-refractivity contribution < 1.29 is 22.7 Å². The first-order valence-electron chi connectivity index (χ1n) is 7.60. The molecule has 2 aliphatic rings. The first kappa shape index (κ1) is 16.2. The van der Waals surface area contributed by atoms with Crippen molar-refractivity contribution in [3.63, 3.8) is 0 Å². The third kappa shape index (κ3) is 3.06. The molecular formula is C15H20N2O5S. The van der Waals surface area contributed by atoms with Crippen molar-refractivity contribution >= 4 is 21.8 Å². The van der Waals surface area contributed by atoms with Gasteiger partial charge in [-0.15, -0.1) is 0 Å². The van der Waals surface area contributed by atoms with E-state index in [4.69, 9.17) is 9.47 Å². The second kappa shape index (κ2) is 6.46. The van der Waals surface area contributed by atoms with Crippen molar-refractivity contribution in [3.05, 3.63) is 23.8 Å². The number of methoxy groups -OCH3 is 1. The Morgan fingerprint density at radius 2 is 1.96 bits per heavy atom. The molecule has 3 rings (SSSR count). The van der Waals surface area contributed by atoms with Crippen LogP contribution in [0.4, 0.5) is 10.5 Å². The van der Waals surface area contributed by atoms with Crippen LogP contribution in [0.25, 0.3) is 0 Å². The summed E-state index contributed by atoms with van der Waals surface area (Å²) in [5.41, 5.74) is 1.58. The number of fused-ring (bicyclic) bond motifs is 1. The lowest BCUT2D eigenvalue weighted by Crippen LogP contribution is -2.40. The van der Waals surface area contributed by atoms with Crippen LogP contribution in [0.1, 0.15) is 12.0 Å². The average Bonchev–Trinajstić information content (AvgIpc) is 2.60. The fraction of sp³-hybridized carbons (Fsp3) is 0.533. The molecule has 0 radical (unpaired) electrons. The summed E-state index contributed by atoms with van der Waals surface area (Å²) >= 11 is 0. The fourth-order valence-electron chi connectivity index (χ4n) is 2.97. The number of aryl methyl sites for hydroxylation is 1. The third-order valence-electron chi connectivity index (χ3n) is 4.17. The van der Waals surface area contributed by atoms with Gasteiger partial charge in [-0.1, -0.05) is 0 Å². The smallest absolute Gasteiger partial charge is 0.414 e. The summed E-state index contributed by atoms with van der Waals surface area (Å²) < 4.78 is 36.9. The SMILES string of the molecule is COC(=O)N1CCCc2cc(S(=O)(=O)N3CCOCC3)ccc21. The number of carbonyl (C=O) groups is 1. The second-order valence-electron chi connectivity index (χ2n) is 5.53. The number of nitrogens with zero attached hydrogens (tertiary/aromatic N) is 2. The monoisotopic (exact) mass is 340 g/mol. The first-order chi connectivity index (χ1) is 11.0. The van der Waals surface area contributed by atoms with Crippen LogP contribution in [0.3, 0.4) is 0 Å². The molecule has 1 aromatic carbocycles. The van der Waals surface area contributed by atoms with Gasteiger partial charge in [-0.25, -0.2) is 13.2 Å². The lowest BCUT2D eigenvalue weighted by Gasteiger charge is -2.30. The van der Waals surface area contributed by atoms with Crippen LogP contribution >= 0.6 is 0 Å². The van der Waals surface area contributed by atoms with E-state index in [-0.39, 0.29) is 4.90 Å². The Morgan fingerprint density at radius 1 is 1.22 bits per heavy atom. The second-order valence-corrected chi connectivity index (χ2v) is 7.47. The summed E-state index contributed by atoms with van der Waals surface area (Å²) in [6.07, 6.45) is 1.10. The molecule has 0 spiro atoms. The van der Waals surface area contributed by atoms with E-state index in [9.17, 15) is 13.2 Å². The van der Waals surface area contributed by atoms with E-state index >= 15 is 0 Å². The maximum absolute atomic E-state index is 12.7. The molecule has 2 heterocycles. The number of benzene rings is 1. The van der Waals surface area contributed by atoms with Crippen molar-refractivity contribution in [2.45, 2.75) is 17.7 Å². The number of ether oxygens (including phenoxy) is 2. The maximum Gasteiger partial charge on any atom is 0.414 e. The van der Waals surface area contributed by atoms with Gasteiger partial charge in [0.1, 0.15) is 0 Å². The summed E-state index contributed by atoms with van der Waals surface area (Å²) in [6, 6.07) is 4.93. The van der Waals surface area contributed by atoms with Gasteiger partial charge in [-0.05, 0) is 36.6 Å². The number of anilines is 1. The molecule has 2 aliphatic heterocycles. The Hall–Kier alpha value is -1.64. The van der Waals surface area contributed by atoms with E-state index in [1.54, 1.807) is 23.1 Å². The molecule has 0 saturated carbocycles. The minimum absolute atomic E-state index is 0.268. The lowest BCUT2D eigenvalue weighted by molar-refractivity contribution is 0.0730. The quantitative estimate of drug-likeness (QED) is 0.809. The largest absolute Gasteiger partial charge is 0.452 e. The van der Waals surface area contributed by atoms with Gasteiger partial charge < -0.3 is 9.47 Å². The lowest BCUT2D eigenvalue weighted by atomic mass is 10.0. The molecule has 0 atom stereocenters. The summed E-state index contributed by atoms with van der Waals surface area (Å²) in [6.45, 7) is 2.15. The van der Waals surface area contributed by atoms with Crippen molar-refractivity contribution in [1.29, 1.82) is 0 Å². The molecule has 23 heavy (non-hydrogen) atoms. The van der Waals surface area contributed by atoms with E-state index < -0.39 is 16.1 Å². The molecule has 126 valence electrons. The topological polar surface area (TPSA) is 76.2 Å². The van der Waals surface area contributed by atoms with E-state index in [0.717, 1.165) is 24.1 Å². The highest BCUT2D eigenvalue weighted by molar-refractivity contribution is 7.89. The van der Waals surface area contributed by atoms with Gasteiger partial charge in [0.05, 0.1) is 30.9 Å². The van der Waals surface area contributed by atoms with Gasteiger partial charge >= 0.3 is 6.09 Å². The Kier molecular flexibility index (Phi) is 4.56. The number of hydrogen-bond acceptors (Lipinski definition) is 5. The van der Waals surface area contributed by atoms with Crippen molar-refractivity contribution in [2.75, 3.05) is 44.9 Å². The van der Waals surface area contributed by atoms with Gasteiger partial charge in [-0.2, -0.15) is 4.31 Å².